The van der Waals surface area contributed by atoms with Gasteiger partial charge in [-0.05, 0) is 32.8 Å². The first-order chi connectivity index (χ1) is 8.39. The molecule has 2 heterocycles. The Morgan fingerprint density at radius 1 is 1.50 bits per heavy atom. The first-order valence-corrected chi connectivity index (χ1v) is 6.41. The number of likely N-dealkylation sites (tertiary alicyclic amines) is 1. The van der Waals surface area contributed by atoms with Gasteiger partial charge >= 0.3 is 0 Å². The standard InChI is InChI=1S/C13H17ClN2O2/c1-9-7-11(14)10(8-15-9)12(17)16-5-3-13(2,18)4-6-16/h7-8,18H,3-6H2,1-2H3. The van der Waals surface area contributed by atoms with Crippen molar-refractivity contribution < 1.29 is 9.90 Å². The fourth-order valence-corrected chi connectivity index (χ4v) is 2.33. The van der Waals surface area contributed by atoms with Crippen molar-refractivity contribution in [1.82, 2.24) is 9.88 Å². The molecule has 1 saturated heterocycles. The van der Waals surface area contributed by atoms with E-state index >= 15 is 0 Å². The zero-order chi connectivity index (χ0) is 13.3. The quantitative estimate of drug-likeness (QED) is 0.848. The number of hydrogen-bond acceptors (Lipinski definition) is 3. The van der Waals surface area contributed by atoms with Crippen molar-refractivity contribution in [2.24, 2.45) is 0 Å². The largest absolute Gasteiger partial charge is 0.390 e. The van der Waals surface area contributed by atoms with E-state index in [0.717, 1.165) is 5.69 Å². The molecule has 5 heteroatoms. The molecule has 0 radical (unpaired) electrons. The highest BCUT2D eigenvalue weighted by atomic mass is 35.5. The summed E-state index contributed by atoms with van der Waals surface area (Å²) in [7, 11) is 0. The lowest BCUT2D eigenvalue weighted by atomic mass is 9.93. The molecule has 1 N–H and O–H groups in total. The summed E-state index contributed by atoms with van der Waals surface area (Å²) in [6.45, 7) is 4.74. The summed E-state index contributed by atoms with van der Waals surface area (Å²) >= 11 is 6.06. The zero-order valence-corrected chi connectivity index (χ0v) is 11.4. The van der Waals surface area contributed by atoms with Gasteiger partial charge in [0.25, 0.3) is 5.91 Å². The number of halogens is 1. The number of carbonyl (C=O) groups is 1. The monoisotopic (exact) mass is 268 g/mol. The van der Waals surface area contributed by atoms with Crippen LogP contribution in [0.4, 0.5) is 0 Å². The van der Waals surface area contributed by atoms with Crippen LogP contribution in [0.1, 0.15) is 35.8 Å². The van der Waals surface area contributed by atoms with Gasteiger partial charge in [0.05, 0.1) is 16.2 Å². The predicted molar refractivity (Wildman–Crippen MR) is 69.7 cm³/mol. The van der Waals surface area contributed by atoms with E-state index in [1.807, 2.05) is 6.92 Å². The minimum absolute atomic E-state index is 0.108. The minimum Gasteiger partial charge on any atom is -0.390 e. The Kier molecular flexibility index (Phi) is 3.59. The third kappa shape index (κ3) is 2.82. The van der Waals surface area contributed by atoms with Crippen LogP contribution in [0.2, 0.25) is 5.02 Å². The molecule has 1 aromatic heterocycles. The molecule has 18 heavy (non-hydrogen) atoms. The molecular formula is C13H17ClN2O2. The van der Waals surface area contributed by atoms with E-state index in [4.69, 9.17) is 11.6 Å². The van der Waals surface area contributed by atoms with Gasteiger partial charge in [-0.15, -0.1) is 0 Å². The van der Waals surface area contributed by atoms with Crippen molar-refractivity contribution in [1.29, 1.82) is 0 Å². The van der Waals surface area contributed by atoms with E-state index in [9.17, 15) is 9.90 Å². The molecule has 0 atom stereocenters. The van der Waals surface area contributed by atoms with Crippen molar-refractivity contribution in [3.63, 3.8) is 0 Å². The van der Waals surface area contributed by atoms with Gasteiger partial charge in [0.2, 0.25) is 0 Å². The van der Waals surface area contributed by atoms with Crippen molar-refractivity contribution >= 4 is 17.5 Å². The highest BCUT2D eigenvalue weighted by molar-refractivity contribution is 6.33. The molecule has 0 aromatic carbocycles. The van der Waals surface area contributed by atoms with Crippen LogP contribution in [-0.4, -0.2) is 39.6 Å². The van der Waals surface area contributed by atoms with Crippen molar-refractivity contribution in [2.45, 2.75) is 32.3 Å². The van der Waals surface area contributed by atoms with Gasteiger partial charge in [0.15, 0.2) is 0 Å². The summed E-state index contributed by atoms with van der Waals surface area (Å²) in [6.07, 6.45) is 2.71. The van der Waals surface area contributed by atoms with E-state index in [2.05, 4.69) is 4.98 Å². The van der Waals surface area contributed by atoms with Crippen LogP contribution in [0, 0.1) is 6.92 Å². The predicted octanol–water partition coefficient (Wildman–Crippen LogP) is 2.03. The average molecular weight is 269 g/mol. The molecular weight excluding hydrogens is 252 g/mol. The summed E-state index contributed by atoms with van der Waals surface area (Å²) in [6, 6.07) is 1.69. The molecule has 0 bridgehead atoms. The molecule has 1 aromatic rings. The third-order valence-corrected chi connectivity index (χ3v) is 3.66. The Labute approximate surface area is 112 Å². The molecule has 0 unspecified atom stereocenters. The molecule has 1 fully saturated rings. The molecule has 2 rings (SSSR count). The van der Waals surface area contributed by atoms with Crippen LogP contribution < -0.4 is 0 Å². The normalized spacial score (nSPS) is 18.8. The minimum atomic E-state index is -0.661. The van der Waals surface area contributed by atoms with Crippen molar-refractivity contribution in [2.75, 3.05) is 13.1 Å². The number of amides is 1. The number of nitrogens with zero attached hydrogens (tertiary/aromatic N) is 2. The number of pyridine rings is 1. The number of carbonyl (C=O) groups excluding carboxylic acids is 1. The molecule has 1 aliphatic rings. The first-order valence-electron chi connectivity index (χ1n) is 6.03. The molecule has 0 saturated carbocycles. The lowest BCUT2D eigenvalue weighted by Gasteiger charge is -2.35. The summed E-state index contributed by atoms with van der Waals surface area (Å²) in [5.74, 6) is -0.108. The number of hydrogen-bond donors (Lipinski definition) is 1. The second kappa shape index (κ2) is 4.86. The van der Waals surface area contributed by atoms with Crippen LogP contribution in [0.15, 0.2) is 12.3 Å². The first kappa shape index (κ1) is 13.3. The molecule has 1 aliphatic heterocycles. The number of aliphatic hydroxyl groups is 1. The van der Waals surface area contributed by atoms with Crippen LogP contribution in [0.3, 0.4) is 0 Å². The lowest BCUT2D eigenvalue weighted by Crippen LogP contribution is -2.45. The van der Waals surface area contributed by atoms with Gasteiger partial charge in [0.1, 0.15) is 0 Å². The van der Waals surface area contributed by atoms with Gasteiger partial charge < -0.3 is 10.0 Å². The van der Waals surface area contributed by atoms with Crippen LogP contribution >= 0.6 is 11.6 Å². The van der Waals surface area contributed by atoms with Crippen molar-refractivity contribution in [3.05, 3.63) is 28.5 Å². The van der Waals surface area contributed by atoms with E-state index in [0.29, 0.717) is 36.5 Å². The van der Waals surface area contributed by atoms with E-state index in [1.165, 1.54) is 6.20 Å². The smallest absolute Gasteiger partial charge is 0.256 e. The fourth-order valence-electron chi connectivity index (χ4n) is 2.05. The van der Waals surface area contributed by atoms with Gasteiger partial charge in [-0.2, -0.15) is 0 Å². The summed E-state index contributed by atoms with van der Waals surface area (Å²) in [4.78, 5) is 18.1. The maximum atomic E-state index is 12.3. The van der Waals surface area contributed by atoms with Gasteiger partial charge in [-0.1, -0.05) is 11.6 Å². The highest BCUT2D eigenvalue weighted by Gasteiger charge is 2.30. The SMILES string of the molecule is Cc1cc(Cl)c(C(=O)N2CCC(C)(O)CC2)cn1. The maximum Gasteiger partial charge on any atom is 0.256 e. The number of aryl methyl sites for hydroxylation is 1. The summed E-state index contributed by atoms with van der Waals surface area (Å²) in [5.41, 5.74) is 0.563. The molecule has 4 nitrogen and oxygen atoms in total. The van der Waals surface area contributed by atoms with Crippen LogP contribution in [0.5, 0.6) is 0 Å². The third-order valence-electron chi connectivity index (χ3n) is 3.35. The van der Waals surface area contributed by atoms with E-state index in [1.54, 1.807) is 17.9 Å². The number of rotatable bonds is 1. The van der Waals surface area contributed by atoms with E-state index < -0.39 is 5.60 Å². The lowest BCUT2D eigenvalue weighted by molar-refractivity contribution is -0.00202. The molecule has 0 aliphatic carbocycles. The maximum absolute atomic E-state index is 12.3. The topological polar surface area (TPSA) is 53.4 Å². The Morgan fingerprint density at radius 2 is 2.11 bits per heavy atom. The Balaban J connectivity index is 2.13. The van der Waals surface area contributed by atoms with Crippen LogP contribution in [-0.2, 0) is 0 Å². The molecule has 1 amide bonds. The molecule has 0 spiro atoms. The zero-order valence-electron chi connectivity index (χ0n) is 10.6. The number of piperidine rings is 1. The molecule has 98 valence electrons. The number of aromatic nitrogens is 1. The fraction of sp³-hybridized carbons (Fsp3) is 0.538. The van der Waals surface area contributed by atoms with Crippen LogP contribution in [0.25, 0.3) is 0 Å². The average Bonchev–Trinajstić information content (AvgIpc) is 2.28. The van der Waals surface area contributed by atoms with E-state index in [-0.39, 0.29) is 5.91 Å². The Morgan fingerprint density at radius 3 is 2.67 bits per heavy atom. The van der Waals surface area contributed by atoms with Gasteiger partial charge in [-0.3, -0.25) is 9.78 Å². The van der Waals surface area contributed by atoms with Gasteiger partial charge in [0, 0.05) is 25.0 Å². The highest BCUT2D eigenvalue weighted by Crippen LogP contribution is 2.24. The van der Waals surface area contributed by atoms with Gasteiger partial charge in [-0.25, -0.2) is 0 Å². The summed E-state index contributed by atoms with van der Waals surface area (Å²) < 4.78 is 0. The Bertz CT molecular complexity index is 464. The second-order valence-corrected chi connectivity index (χ2v) is 5.50. The van der Waals surface area contributed by atoms with Crippen molar-refractivity contribution in [3.8, 4) is 0 Å². The Hall–Kier alpha value is -1.13. The second-order valence-electron chi connectivity index (χ2n) is 5.09. The summed E-state index contributed by atoms with van der Waals surface area (Å²) in [5, 5.41) is 10.3.